The van der Waals surface area contributed by atoms with Crippen LogP contribution in [0.15, 0.2) is 44.0 Å². The van der Waals surface area contributed by atoms with Crippen LogP contribution >= 0.6 is 0 Å². The highest BCUT2D eigenvalue weighted by Gasteiger charge is 2.45. The highest BCUT2D eigenvalue weighted by atomic mass is 19.1. The van der Waals surface area contributed by atoms with Crippen LogP contribution in [-0.2, 0) is 13.0 Å². The Hall–Kier alpha value is -4.86. The van der Waals surface area contributed by atoms with Gasteiger partial charge in [-0.1, -0.05) is 30.2 Å². The Morgan fingerprint density at radius 3 is 2.65 bits per heavy atom. The summed E-state index contributed by atoms with van der Waals surface area (Å²) in [5, 5.41) is 1.71. The van der Waals surface area contributed by atoms with Gasteiger partial charge in [-0.05, 0) is 76.4 Å². The topological polar surface area (TPSA) is 101 Å². The highest BCUT2D eigenvalue weighted by Crippen LogP contribution is 2.42. The van der Waals surface area contributed by atoms with E-state index in [2.05, 4.69) is 20.6 Å². The van der Waals surface area contributed by atoms with E-state index in [1.807, 2.05) is 6.07 Å². The van der Waals surface area contributed by atoms with Crippen LogP contribution in [0, 0.1) is 30.9 Å². The molecule has 2 aromatic carbocycles. The maximum absolute atomic E-state index is 17.2. The summed E-state index contributed by atoms with van der Waals surface area (Å²) in [6.07, 6.45) is 12.3. The molecular formula is C39H38F2N6O4. The standard InChI is InChI=1S/C39H38F2N6O4/c1-3-26-28(40)13-12-24-8-4-10-27(31(24)26)34-33(41)35-32-29(42-34)11-5-9-25-20-45(21-30-23(2)50-38(48)51-30)18-19-47(25)36(32)44-37(43-35)49-22-39-14-6-16-46(39)17-7-15-39/h1,4,8,10,12-13,25H,5-7,9,11,14-22H2,2H3. The van der Waals surface area contributed by atoms with Gasteiger partial charge < -0.3 is 18.5 Å². The third kappa shape index (κ3) is 5.36. The first-order chi connectivity index (χ1) is 24.8. The summed E-state index contributed by atoms with van der Waals surface area (Å²) in [6.45, 7) is 6.68. The van der Waals surface area contributed by atoms with E-state index in [0.717, 1.165) is 51.6 Å². The molecule has 5 aromatic rings. The van der Waals surface area contributed by atoms with E-state index in [0.29, 0.717) is 84.0 Å². The molecule has 0 N–H and O–H groups in total. The van der Waals surface area contributed by atoms with E-state index >= 15 is 8.78 Å². The van der Waals surface area contributed by atoms with Gasteiger partial charge in [0.1, 0.15) is 35.2 Å². The van der Waals surface area contributed by atoms with Gasteiger partial charge in [-0.3, -0.25) is 9.80 Å². The van der Waals surface area contributed by atoms with Crippen molar-refractivity contribution in [2.75, 3.05) is 44.2 Å². The van der Waals surface area contributed by atoms with Gasteiger partial charge in [0.05, 0.1) is 28.7 Å². The first kappa shape index (κ1) is 32.1. The van der Waals surface area contributed by atoms with Gasteiger partial charge in [0, 0.05) is 36.6 Å². The number of pyridine rings is 1. The van der Waals surface area contributed by atoms with Crippen LogP contribution in [0.3, 0.4) is 0 Å². The van der Waals surface area contributed by atoms with Crippen LogP contribution in [0.4, 0.5) is 14.6 Å². The van der Waals surface area contributed by atoms with E-state index in [1.165, 1.54) is 6.07 Å². The van der Waals surface area contributed by atoms with Gasteiger partial charge in [0.25, 0.3) is 0 Å². The highest BCUT2D eigenvalue weighted by molar-refractivity contribution is 6.02. The average Bonchev–Trinajstić information content (AvgIpc) is 3.80. The molecule has 0 radical (unpaired) electrons. The van der Waals surface area contributed by atoms with E-state index in [1.54, 1.807) is 25.1 Å². The lowest BCUT2D eigenvalue weighted by molar-refractivity contribution is 0.107. The number of nitrogens with zero attached hydrogens (tertiary/aromatic N) is 6. The number of hydrogen-bond acceptors (Lipinski definition) is 10. The van der Waals surface area contributed by atoms with Gasteiger partial charge in [0.15, 0.2) is 11.6 Å². The first-order valence-electron chi connectivity index (χ1n) is 17.9. The zero-order chi connectivity index (χ0) is 34.9. The predicted octanol–water partition coefficient (Wildman–Crippen LogP) is 5.99. The van der Waals surface area contributed by atoms with E-state index in [-0.39, 0.29) is 34.4 Å². The third-order valence-corrected chi connectivity index (χ3v) is 11.5. The Morgan fingerprint density at radius 2 is 1.86 bits per heavy atom. The number of fused-ring (bicyclic) bond motifs is 4. The van der Waals surface area contributed by atoms with Crippen molar-refractivity contribution in [1.82, 2.24) is 24.8 Å². The Kier molecular flexibility index (Phi) is 7.81. The van der Waals surface area contributed by atoms with Crippen LogP contribution in [0.2, 0.25) is 0 Å². The molecule has 0 spiro atoms. The summed E-state index contributed by atoms with van der Waals surface area (Å²) < 4.78 is 49.2. The second-order valence-electron chi connectivity index (χ2n) is 14.4. The Labute approximate surface area is 293 Å². The van der Waals surface area contributed by atoms with Crippen molar-refractivity contribution in [3.8, 4) is 29.6 Å². The summed E-state index contributed by atoms with van der Waals surface area (Å²) in [4.78, 5) is 33.5. The largest absolute Gasteiger partial charge is 0.519 e. The number of ether oxygens (including phenoxy) is 1. The van der Waals surface area contributed by atoms with Crippen molar-refractivity contribution in [3.05, 3.63) is 75.4 Å². The van der Waals surface area contributed by atoms with Crippen LogP contribution < -0.4 is 15.5 Å². The van der Waals surface area contributed by atoms with Gasteiger partial charge in [-0.2, -0.15) is 9.97 Å². The molecule has 1 atom stereocenters. The minimum absolute atomic E-state index is 0.0515. The van der Waals surface area contributed by atoms with E-state index in [9.17, 15) is 4.79 Å². The van der Waals surface area contributed by atoms with Crippen molar-refractivity contribution < 1.29 is 22.4 Å². The summed E-state index contributed by atoms with van der Waals surface area (Å²) >= 11 is 0. The minimum Gasteiger partial charge on any atom is -0.461 e. The van der Waals surface area contributed by atoms with Crippen LogP contribution in [-0.4, -0.2) is 75.7 Å². The molecule has 7 heterocycles. The maximum atomic E-state index is 17.2. The van der Waals surface area contributed by atoms with Crippen molar-refractivity contribution >= 4 is 27.5 Å². The smallest absolute Gasteiger partial charge is 0.461 e. The fourth-order valence-electron chi connectivity index (χ4n) is 9.01. The second-order valence-corrected chi connectivity index (χ2v) is 14.4. The number of aryl methyl sites for hydroxylation is 2. The third-order valence-electron chi connectivity index (χ3n) is 11.5. The molecule has 51 heavy (non-hydrogen) atoms. The quantitative estimate of drug-likeness (QED) is 0.197. The number of halogens is 2. The zero-order valence-electron chi connectivity index (χ0n) is 28.5. The molecule has 0 saturated carbocycles. The molecule has 12 heteroatoms. The summed E-state index contributed by atoms with van der Waals surface area (Å²) in [7, 11) is 0. The molecule has 10 nitrogen and oxygen atoms in total. The van der Waals surface area contributed by atoms with Crippen molar-refractivity contribution in [1.29, 1.82) is 0 Å². The summed E-state index contributed by atoms with van der Waals surface area (Å²) in [5.41, 5.74) is 1.34. The zero-order valence-corrected chi connectivity index (χ0v) is 28.5. The molecule has 262 valence electrons. The minimum atomic E-state index is -0.699. The van der Waals surface area contributed by atoms with Crippen LogP contribution in [0.5, 0.6) is 6.01 Å². The molecule has 4 aliphatic heterocycles. The molecule has 3 saturated heterocycles. The molecule has 0 amide bonds. The van der Waals surface area contributed by atoms with Gasteiger partial charge >= 0.3 is 11.8 Å². The fourth-order valence-corrected chi connectivity index (χ4v) is 9.01. The van der Waals surface area contributed by atoms with Crippen molar-refractivity contribution in [2.45, 2.75) is 70.0 Å². The number of piperazine rings is 1. The van der Waals surface area contributed by atoms with Crippen LogP contribution in [0.25, 0.3) is 32.9 Å². The van der Waals surface area contributed by atoms with Crippen molar-refractivity contribution in [2.24, 2.45) is 0 Å². The number of anilines is 1. The Bertz CT molecular complexity index is 2290. The monoisotopic (exact) mass is 692 g/mol. The number of benzene rings is 2. The lowest BCUT2D eigenvalue weighted by Crippen LogP contribution is -2.53. The molecule has 0 bridgehead atoms. The van der Waals surface area contributed by atoms with E-state index < -0.39 is 17.5 Å². The number of hydrogen-bond donors (Lipinski definition) is 0. The van der Waals surface area contributed by atoms with Gasteiger partial charge in [-0.15, -0.1) is 6.42 Å². The Balaban J connectivity index is 1.17. The summed E-state index contributed by atoms with van der Waals surface area (Å²) in [6, 6.07) is 8.55. The lowest BCUT2D eigenvalue weighted by atomic mass is 9.94. The summed E-state index contributed by atoms with van der Waals surface area (Å²) in [5.74, 6) is 2.24. The van der Waals surface area contributed by atoms with Gasteiger partial charge in [-0.25, -0.2) is 18.6 Å². The SMILES string of the molecule is C#Cc1c(F)ccc2cccc(-c3nc4c5c(nc(OCC67CCCN6CCC7)nc5c3F)N3CCN(Cc5oc(=O)oc5C)CC3CCC4)c12. The molecule has 1 unspecified atom stereocenters. The number of terminal acetylenes is 1. The van der Waals surface area contributed by atoms with Crippen molar-refractivity contribution in [3.63, 3.8) is 0 Å². The molecule has 0 aliphatic carbocycles. The second kappa shape index (κ2) is 12.4. The van der Waals surface area contributed by atoms with E-state index in [4.69, 9.17) is 34.9 Å². The maximum Gasteiger partial charge on any atom is 0.519 e. The molecule has 3 aromatic heterocycles. The van der Waals surface area contributed by atoms with Crippen LogP contribution in [0.1, 0.15) is 61.3 Å². The first-order valence-corrected chi connectivity index (χ1v) is 17.9. The molecule has 3 fully saturated rings. The number of aromatic nitrogens is 3. The van der Waals surface area contributed by atoms with Gasteiger partial charge in [0.2, 0.25) is 0 Å². The molecular weight excluding hydrogens is 654 g/mol. The molecule has 4 aliphatic rings. The normalized spacial score (nSPS) is 20.3. The predicted molar refractivity (Wildman–Crippen MR) is 188 cm³/mol. The molecule has 9 rings (SSSR count). The Morgan fingerprint density at radius 1 is 1.02 bits per heavy atom. The lowest BCUT2D eigenvalue weighted by Gasteiger charge is -2.43. The average molecular weight is 693 g/mol. The fraction of sp³-hybridized carbons (Fsp3) is 0.436. The number of rotatable bonds is 6.